The Bertz CT molecular complexity index is 1390. The Morgan fingerprint density at radius 3 is 2.39 bits per heavy atom. The normalized spacial score (nSPS) is 14.1. The van der Waals surface area contributed by atoms with Crippen LogP contribution in [0.5, 0.6) is 0 Å². The number of nitrogens with zero attached hydrogens (tertiary/aromatic N) is 5. The third-order valence-corrected chi connectivity index (χ3v) is 7.38. The van der Waals surface area contributed by atoms with Gasteiger partial charge >= 0.3 is 0 Å². The zero-order valence-corrected chi connectivity index (χ0v) is 22.6. The maximum atomic E-state index is 6.28. The van der Waals surface area contributed by atoms with Crippen LogP contribution in [0, 0.1) is 12.8 Å². The molecule has 3 aromatic carbocycles. The molecule has 4 aromatic rings. The summed E-state index contributed by atoms with van der Waals surface area (Å²) in [6.45, 7) is 3.82. The number of piperidine rings is 1. The highest BCUT2D eigenvalue weighted by molar-refractivity contribution is 6.43. The summed E-state index contributed by atoms with van der Waals surface area (Å²) in [7, 11) is 0. The first-order chi connectivity index (χ1) is 18.5. The molecule has 7 nitrogen and oxygen atoms in total. The standard InChI is InChI=1S/C29H29Cl2N7/c1-20-10-12-24(13-11-20)33-27-34-28(37-32-19-23-8-5-9-25(30)26(23)31)36-29(35-27)38-16-14-22(15-17-38)18-21-6-3-2-4-7-21/h2-13,19,22H,14-18H2,1H3,(H2,33,34,35,36,37)/b32-19-. The maximum absolute atomic E-state index is 6.28. The van der Waals surface area contributed by atoms with E-state index in [-0.39, 0.29) is 0 Å². The van der Waals surface area contributed by atoms with Crippen LogP contribution < -0.4 is 15.6 Å². The lowest BCUT2D eigenvalue weighted by molar-refractivity contribution is 0.400. The van der Waals surface area contributed by atoms with Crippen LogP contribution in [0.15, 0.2) is 77.9 Å². The Balaban J connectivity index is 1.33. The Kier molecular flexibility index (Phi) is 8.36. The Labute approximate surface area is 233 Å². The van der Waals surface area contributed by atoms with Crippen molar-refractivity contribution in [2.75, 3.05) is 28.7 Å². The van der Waals surface area contributed by atoms with Gasteiger partial charge in [0.1, 0.15) is 0 Å². The highest BCUT2D eigenvalue weighted by Crippen LogP contribution is 2.26. The van der Waals surface area contributed by atoms with E-state index >= 15 is 0 Å². The molecule has 0 bridgehead atoms. The first-order valence-electron chi connectivity index (χ1n) is 12.7. The number of hydrazone groups is 1. The van der Waals surface area contributed by atoms with Gasteiger partial charge in [-0.15, -0.1) is 0 Å². The fraction of sp³-hybridized carbons (Fsp3) is 0.241. The number of hydrogen-bond donors (Lipinski definition) is 2. The van der Waals surface area contributed by atoms with Crippen molar-refractivity contribution in [1.29, 1.82) is 0 Å². The summed E-state index contributed by atoms with van der Waals surface area (Å²) in [5.74, 6) is 2.05. The number of aromatic nitrogens is 3. The largest absolute Gasteiger partial charge is 0.341 e. The molecule has 9 heteroatoms. The van der Waals surface area contributed by atoms with Crippen molar-refractivity contribution in [3.05, 3.63) is 99.5 Å². The third kappa shape index (κ3) is 6.79. The highest BCUT2D eigenvalue weighted by Gasteiger charge is 2.22. The second-order valence-corrected chi connectivity index (χ2v) is 10.2. The summed E-state index contributed by atoms with van der Waals surface area (Å²) < 4.78 is 0. The van der Waals surface area contributed by atoms with Gasteiger partial charge in [0.2, 0.25) is 17.8 Å². The van der Waals surface area contributed by atoms with E-state index in [9.17, 15) is 0 Å². The van der Waals surface area contributed by atoms with Gasteiger partial charge in [0.25, 0.3) is 0 Å². The quantitative estimate of drug-likeness (QED) is 0.181. The molecule has 1 aromatic heterocycles. The molecule has 2 N–H and O–H groups in total. The molecule has 194 valence electrons. The van der Waals surface area contributed by atoms with Gasteiger partial charge in [-0.2, -0.15) is 20.1 Å². The smallest absolute Gasteiger partial charge is 0.250 e. The molecule has 0 amide bonds. The van der Waals surface area contributed by atoms with E-state index in [4.69, 9.17) is 28.2 Å². The van der Waals surface area contributed by atoms with Crippen LogP contribution in [-0.4, -0.2) is 34.3 Å². The average Bonchev–Trinajstić information content (AvgIpc) is 2.93. The lowest BCUT2D eigenvalue weighted by Crippen LogP contribution is -2.35. The molecule has 1 aliphatic heterocycles. The van der Waals surface area contributed by atoms with E-state index in [0.29, 0.717) is 39.4 Å². The van der Waals surface area contributed by atoms with E-state index in [1.54, 1.807) is 12.3 Å². The van der Waals surface area contributed by atoms with Crippen molar-refractivity contribution < 1.29 is 0 Å². The van der Waals surface area contributed by atoms with Crippen molar-refractivity contribution in [2.45, 2.75) is 26.2 Å². The SMILES string of the molecule is Cc1ccc(Nc2nc(N/N=C\c3cccc(Cl)c3Cl)nc(N3CCC(Cc4ccccc4)CC3)n2)cc1. The Hall–Kier alpha value is -3.68. The summed E-state index contributed by atoms with van der Waals surface area (Å²) >= 11 is 12.4. The van der Waals surface area contributed by atoms with Crippen LogP contribution in [0.25, 0.3) is 0 Å². The predicted molar refractivity (Wildman–Crippen MR) is 157 cm³/mol. The van der Waals surface area contributed by atoms with Gasteiger partial charge in [0.05, 0.1) is 16.3 Å². The minimum absolute atomic E-state index is 0.338. The van der Waals surface area contributed by atoms with Crippen LogP contribution in [0.2, 0.25) is 10.0 Å². The number of anilines is 4. The average molecular weight is 547 g/mol. The predicted octanol–water partition coefficient (Wildman–Crippen LogP) is 7.14. The van der Waals surface area contributed by atoms with Gasteiger partial charge in [-0.25, -0.2) is 5.43 Å². The number of halogens is 2. The molecule has 0 aliphatic carbocycles. The van der Waals surface area contributed by atoms with Crippen molar-refractivity contribution in [3.63, 3.8) is 0 Å². The monoisotopic (exact) mass is 545 g/mol. The summed E-state index contributed by atoms with van der Waals surface area (Å²) in [5.41, 5.74) is 7.10. The lowest BCUT2D eigenvalue weighted by atomic mass is 9.90. The highest BCUT2D eigenvalue weighted by atomic mass is 35.5. The molecule has 0 atom stereocenters. The molecule has 1 aliphatic rings. The van der Waals surface area contributed by atoms with E-state index in [1.807, 2.05) is 36.4 Å². The molecule has 1 saturated heterocycles. The van der Waals surface area contributed by atoms with E-state index in [2.05, 4.69) is 68.0 Å². The Morgan fingerprint density at radius 1 is 0.895 bits per heavy atom. The zero-order chi connectivity index (χ0) is 26.3. The van der Waals surface area contributed by atoms with Crippen molar-refractivity contribution >= 4 is 52.9 Å². The van der Waals surface area contributed by atoms with Gasteiger partial charge in [-0.05, 0) is 55.9 Å². The maximum Gasteiger partial charge on any atom is 0.250 e. The van der Waals surface area contributed by atoms with Crippen LogP contribution in [-0.2, 0) is 6.42 Å². The van der Waals surface area contributed by atoms with Gasteiger partial charge < -0.3 is 10.2 Å². The number of nitrogens with one attached hydrogen (secondary N) is 2. The Morgan fingerprint density at radius 2 is 1.63 bits per heavy atom. The van der Waals surface area contributed by atoms with E-state index < -0.39 is 0 Å². The molecular formula is C29H29Cl2N7. The van der Waals surface area contributed by atoms with Gasteiger partial charge in [0.15, 0.2) is 0 Å². The molecule has 38 heavy (non-hydrogen) atoms. The molecule has 5 rings (SSSR count). The van der Waals surface area contributed by atoms with Crippen molar-refractivity contribution in [2.24, 2.45) is 11.0 Å². The van der Waals surface area contributed by atoms with Crippen LogP contribution >= 0.6 is 23.2 Å². The molecule has 0 spiro atoms. The molecule has 1 fully saturated rings. The first-order valence-corrected chi connectivity index (χ1v) is 13.4. The zero-order valence-electron chi connectivity index (χ0n) is 21.1. The second-order valence-electron chi connectivity index (χ2n) is 9.41. The van der Waals surface area contributed by atoms with Gasteiger partial charge in [-0.1, -0.05) is 83.4 Å². The van der Waals surface area contributed by atoms with Gasteiger partial charge in [-0.3, -0.25) is 0 Å². The van der Waals surface area contributed by atoms with Gasteiger partial charge in [0, 0.05) is 24.3 Å². The third-order valence-electron chi connectivity index (χ3n) is 6.55. The topological polar surface area (TPSA) is 78.3 Å². The molecule has 0 radical (unpaired) electrons. The number of rotatable bonds is 8. The van der Waals surface area contributed by atoms with E-state index in [1.165, 1.54) is 11.1 Å². The minimum Gasteiger partial charge on any atom is -0.341 e. The van der Waals surface area contributed by atoms with Crippen LogP contribution in [0.3, 0.4) is 0 Å². The summed E-state index contributed by atoms with van der Waals surface area (Å²) in [4.78, 5) is 16.2. The first kappa shape index (κ1) is 25.9. The van der Waals surface area contributed by atoms with Crippen molar-refractivity contribution in [3.8, 4) is 0 Å². The molecule has 0 saturated carbocycles. The van der Waals surface area contributed by atoms with Crippen molar-refractivity contribution in [1.82, 2.24) is 15.0 Å². The lowest BCUT2D eigenvalue weighted by Gasteiger charge is -2.32. The fourth-order valence-corrected chi connectivity index (χ4v) is 4.80. The second kappa shape index (κ2) is 12.2. The number of aryl methyl sites for hydroxylation is 1. The summed E-state index contributed by atoms with van der Waals surface area (Å²) in [5, 5.41) is 8.51. The molecular weight excluding hydrogens is 517 g/mol. The molecule has 0 unspecified atom stereocenters. The summed E-state index contributed by atoms with van der Waals surface area (Å²) in [6.07, 6.45) is 4.85. The summed E-state index contributed by atoms with van der Waals surface area (Å²) in [6, 6.07) is 24.2. The molecule has 2 heterocycles. The minimum atomic E-state index is 0.338. The number of benzene rings is 3. The van der Waals surface area contributed by atoms with Crippen LogP contribution in [0.1, 0.15) is 29.5 Å². The van der Waals surface area contributed by atoms with E-state index in [0.717, 1.165) is 38.0 Å². The van der Waals surface area contributed by atoms with Crippen LogP contribution in [0.4, 0.5) is 23.5 Å². The fourth-order valence-electron chi connectivity index (χ4n) is 4.44. The number of hydrogen-bond acceptors (Lipinski definition) is 7.